The van der Waals surface area contributed by atoms with Crippen LogP contribution < -0.4 is 10.1 Å². The van der Waals surface area contributed by atoms with Crippen LogP contribution in [-0.4, -0.2) is 49.5 Å². The molecule has 0 saturated carbocycles. The van der Waals surface area contributed by atoms with Crippen LogP contribution in [0.5, 0.6) is 5.75 Å². The van der Waals surface area contributed by atoms with Gasteiger partial charge >= 0.3 is 5.97 Å². The highest BCUT2D eigenvalue weighted by Gasteiger charge is 2.16. The first kappa shape index (κ1) is 21.7. The van der Waals surface area contributed by atoms with Crippen molar-refractivity contribution in [2.75, 3.05) is 32.1 Å². The molecule has 8 nitrogen and oxygen atoms in total. The molecule has 0 radical (unpaired) electrons. The highest BCUT2D eigenvalue weighted by Crippen LogP contribution is 2.20. The molecular weight excluding hydrogens is 398 g/mol. The van der Waals surface area contributed by atoms with E-state index in [4.69, 9.17) is 26.3 Å². The van der Waals surface area contributed by atoms with Crippen molar-refractivity contribution in [2.45, 2.75) is 0 Å². The van der Waals surface area contributed by atoms with Crippen LogP contribution in [0.15, 0.2) is 48.5 Å². The number of hydrogen-bond acceptors (Lipinski definition) is 6. The predicted octanol–water partition coefficient (Wildman–Crippen LogP) is 2.23. The number of nitriles is 1. The standard InChI is InChI=1S/C20H18ClN3O5/c1-24(11-18(25)23-16-8-4-3-7-15(16)21)19(26)12-29-20(27)13-28-17-9-5-2-6-14(17)10-22/h2-9H,11-13H2,1H3,(H,23,25). The molecule has 0 aliphatic carbocycles. The summed E-state index contributed by atoms with van der Waals surface area (Å²) < 4.78 is 10.1. The topological polar surface area (TPSA) is 109 Å². The molecule has 0 aliphatic rings. The third-order valence-corrected chi connectivity index (χ3v) is 3.99. The molecule has 0 unspecified atom stereocenters. The second-order valence-electron chi connectivity index (χ2n) is 5.84. The maximum Gasteiger partial charge on any atom is 0.344 e. The summed E-state index contributed by atoms with van der Waals surface area (Å²) in [4.78, 5) is 36.9. The number of esters is 1. The number of benzene rings is 2. The summed E-state index contributed by atoms with van der Waals surface area (Å²) in [7, 11) is 1.40. The number of carbonyl (C=O) groups excluding carboxylic acids is 3. The summed E-state index contributed by atoms with van der Waals surface area (Å²) in [6.07, 6.45) is 0. The van der Waals surface area contributed by atoms with Gasteiger partial charge in [-0.1, -0.05) is 35.9 Å². The van der Waals surface area contributed by atoms with E-state index in [1.54, 1.807) is 48.5 Å². The maximum absolute atomic E-state index is 12.0. The van der Waals surface area contributed by atoms with Crippen LogP contribution >= 0.6 is 11.6 Å². The van der Waals surface area contributed by atoms with Crippen LogP contribution in [0.4, 0.5) is 5.69 Å². The molecule has 0 aromatic heterocycles. The number of anilines is 1. The van der Waals surface area contributed by atoms with Crippen LogP contribution in [0.3, 0.4) is 0 Å². The van der Waals surface area contributed by atoms with E-state index in [1.165, 1.54) is 7.05 Å². The monoisotopic (exact) mass is 415 g/mol. The van der Waals surface area contributed by atoms with Crippen LogP contribution in [0, 0.1) is 11.3 Å². The van der Waals surface area contributed by atoms with Gasteiger partial charge in [-0.15, -0.1) is 0 Å². The Morgan fingerprint density at radius 2 is 1.79 bits per heavy atom. The zero-order valence-corrected chi connectivity index (χ0v) is 16.3. The van der Waals surface area contributed by atoms with E-state index in [-0.39, 0.29) is 17.9 Å². The molecule has 150 valence electrons. The van der Waals surface area contributed by atoms with E-state index in [2.05, 4.69) is 5.32 Å². The molecule has 0 heterocycles. The SMILES string of the molecule is CN(CC(=O)Nc1ccccc1Cl)C(=O)COC(=O)COc1ccccc1C#N. The zero-order valence-electron chi connectivity index (χ0n) is 15.6. The molecule has 0 bridgehead atoms. The average Bonchev–Trinajstić information content (AvgIpc) is 2.72. The van der Waals surface area contributed by atoms with E-state index >= 15 is 0 Å². The first-order chi connectivity index (χ1) is 13.9. The van der Waals surface area contributed by atoms with Gasteiger partial charge in [-0.05, 0) is 24.3 Å². The minimum absolute atomic E-state index is 0.242. The maximum atomic E-state index is 12.0. The van der Waals surface area contributed by atoms with E-state index in [1.807, 2.05) is 6.07 Å². The average molecular weight is 416 g/mol. The molecule has 2 aromatic carbocycles. The van der Waals surface area contributed by atoms with Gasteiger partial charge in [0.2, 0.25) is 5.91 Å². The van der Waals surface area contributed by atoms with Crippen molar-refractivity contribution in [1.29, 1.82) is 5.26 Å². The summed E-state index contributed by atoms with van der Waals surface area (Å²) in [6, 6.07) is 15.1. The lowest BCUT2D eigenvalue weighted by Gasteiger charge is -2.17. The number of carbonyl (C=O) groups is 3. The van der Waals surface area contributed by atoms with Crippen LogP contribution in [0.25, 0.3) is 0 Å². The molecule has 0 aliphatic heterocycles. The van der Waals surface area contributed by atoms with E-state index < -0.39 is 31.0 Å². The Balaban J connectivity index is 1.75. The minimum Gasteiger partial charge on any atom is -0.481 e. The highest BCUT2D eigenvalue weighted by atomic mass is 35.5. The van der Waals surface area contributed by atoms with Gasteiger partial charge in [0.1, 0.15) is 11.8 Å². The van der Waals surface area contributed by atoms with Gasteiger partial charge in [-0.25, -0.2) is 4.79 Å². The van der Waals surface area contributed by atoms with Crippen molar-refractivity contribution in [3.8, 4) is 11.8 Å². The molecule has 29 heavy (non-hydrogen) atoms. The fourth-order valence-electron chi connectivity index (χ4n) is 2.17. The minimum atomic E-state index is -0.778. The molecular formula is C20H18ClN3O5. The van der Waals surface area contributed by atoms with Gasteiger partial charge < -0.3 is 19.7 Å². The second-order valence-corrected chi connectivity index (χ2v) is 6.24. The lowest BCUT2D eigenvalue weighted by molar-refractivity contribution is -0.153. The van der Waals surface area contributed by atoms with E-state index in [0.29, 0.717) is 10.7 Å². The number of amides is 2. The van der Waals surface area contributed by atoms with Crippen molar-refractivity contribution in [2.24, 2.45) is 0 Å². The molecule has 1 N–H and O–H groups in total. The fourth-order valence-corrected chi connectivity index (χ4v) is 2.35. The number of likely N-dealkylation sites (N-methyl/N-ethyl adjacent to an activating group) is 1. The molecule has 2 rings (SSSR count). The molecule has 0 fully saturated rings. The Kier molecular flexibility index (Phi) is 8.00. The molecule has 9 heteroatoms. The van der Waals surface area contributed by atoms with Crippen LogP contribution in [-0.2, 0) is 19.1 Å². The van der Waals surface area contributed by atoms with Gasteiger partial charge in [0.15, 0.2) is 13.2 Å². The Bertz CT molecular complexity index is 942. The van der Waals surface area contributed by atoms with Gasteiger partial charge in [-0.2, -0.15) is 5.26 Å². The molecule has 0 spiro atoms. The van der Waals surface area contributed by atoms with Crippen LogP contribution in [0.2, 0.25) is 5.02 Å². The zero-order chi connectivity index (χ0) is 21.2. The molecule has 0 saturated heterocycles. The fraction of sp³-hybridized carbons (Fsp3) is 0.200. The molecule has 2 aromatic rings. The quantitative estimate of drug-likeness (QED) is 0.662. The first-order valence-electron chi connectivity index (χ1n) is 8.46. The third-order valence-electron chi connectivity index (χ3n) is 3.66. The highest BCUT2D eigenvalue weighted by molar-refractivity contribution is 6.33. The van der Waals surface area contributed by atoms with Crippen molar-refractivity contribution < 1.29 is 23.9 Å². The van der Waals surface area contributed by atoms with Crippen molar-refractivity contribution in [3.63, 3.8) is 0 Å². The summed E-state index contributed by atoms with van der Waals surface area (Å²) in [5.74, 6) is -1.55. The van der Waals surface area contributed by atoms with Gasteiger partial charge in [0, 0.05) is 7.05 Å². The molecule has 2 amide bonds. The normalized spacial score (nSPS) is 9.83. The Morgan fingerprint density at radius 1 is 1.10 bits per heavy atom. The molecule has 0 atom stereocenters. The smallest absolute Gasteiger partial charge is 0.344 e. The van der Waals surface area contributed by atoms with Crippen molar-refractivity contribution in [3.05, 3.63) is 59.1 Å². The number of hydrogen-bond donors (Lipinski definition) is 1. The number of nitrogens with zero attached hydrogens (tertiary/aromatic N) is 2. The Labute approximate surface area is 172 Å². The van der Waals surface area contributed by atoms with Gasteiger partial charge in [-0.3, -0.25) is 9.59 Å². The second kappa shape index (κ2) is 10.7. The summed E-state index contributed by atoms with van der Waals surface area (Å²) >= 11 is 5.96. The van der Waals surface area contributed by atoms with E-state index in [0.717, 1.165) is 4.90 Å². The van der Waals surface area contributed by atoms with Crippen molar-refractivity contribution in [1.82, 2.24) is 4.90 Å². The van der Waals surface area contributed by atoms with E-state index in [9.17, 15) is 14.4 Å². The lowest BCUT2D eigenvalue weighted by atomic mass is 10.2. The summed E-state index contributed by atoms with van der Waals surface area (Å²) in [5.41, 5.74) is 0.710. The lowest BCUT2D eigenvalue weighted by Crippen LogP contribution is -2.37. The first-order valence-corrected chi connectivity index (χ1v) is 8.84. The predicted molar refractivity (Wildman–Crippen MR) is 105 cm³/mol. The Morgan fingerprint density at radius 3 is 2.52 bits per heavy atom. The number of nitrogens with one attached hydrogen (secondary N) is 1. The number of rotatable bonds is 8. The van der Waals surface area contributed by atoms with Gasteiger partial charge in [0.05, 0.1) is 22.8 Å². The van der Waals surface area contributed by atoms with Crippen molar-refractivity contribution >= 4 is 35.1 Å². The van der Waals surface area contributed by atoms with Gasteiger partial charge in [0.25, 0.3) is 5.91 Å². The Hall–Kier alpha value is -3.57. The number of halogens is 1. The number of ether oxygens (including phenoxy) is 2. The largest absolute Gasteiger partial charge is 0.481 e. The number of para-hydroxylation sites is 2. The third kappa shape index (κ3) is 6.83. The summed E-state index contributed by atoms with van der Waals surface area (Å²) in [6.45, 7) is -1.24. The summed E-state index contributed by atoms with van der Waals surface area (Å²) in [5, 5.41) is 11.9. The van der Waals surface area contributed by atoms with Crippen LogP contribution in [0.1, 0.15) is 5.56 Å².